The molecule has 1 unspecified atom stereocenters. The van der Waals surface area contributed by atoms with Gasteiger partial charge in [-0.1, -0.05) is 0 Å². The van der Waals surface area contributed by atoms with E-state index in [0.29, 0.717) is 38.3 Å². The number of ether oxygens (including phenoxy) is 1. The molecule has 1 amide bonds. The molecule has 10 heteroatoms. The molecule has 1 aliphatic rings. The molecule has 1 aromatic carbocycles. The number of benzene rings is 1. The predicted molar refractivity (Wildman–Crippen MR) is 117 cm³/mol. The Hall–Kier alpha value is -3.14. The van der Waals surface area contributed by atoms with Gasteiger partial charge in [-0.05, 0) is 38.1 Å². The maximum absolute atomic E-state index is 12.8. The molecule has 1 saturated heterocycles. The summed E-state index contributed by atoms with van der Waals surface area (Å²) in [6.45, 7) is 6.36. The second-order valence-electron chi connectivity index (χ2n) is 6.95. The third-order valence-electron chi connectivity index (χ3n) is 4.88. The van der Waals surface area contributed by atoms with Gasteiger partial charge >= 0.3 is 5.97 Å². The predicted octanol–water partition coefficient (Wildman–Crippen LogP) is 3.00. The number of esters is 1. The van der Waals surface area contributed by atoms with Crippen LogP contribution < -0.4 is 4.90 Å². The van der Waals surface area contributed by atoms with Gasteiger partial charge in [0.2, 0.25) is 5.91 Å². The highest BCUT2D eigenvalue weighted by molar-refractivity contribution is 8.00. The maximum atomic E-state index is 12.8. The van der Waals surface area contributed by atoms with Crippen LogP contribution in [0.25, 0.3) is 0 Å². The number of piperazine rings is 1. The van der Waals surface area contributed by atoms with E-state index in [1.54, 1.807) is 31.2 Å². The van der Waals surface area contributed by atoms with E-state index >= 15 is 0 Å². The molecule has 31 heavy (non-hydrogen) atoms. The van der Waals surface area contributed by atoms with Crippen LogP contribution in [-0.4, -0.2) is 64.7 Å². The van der Waals surface area contributed by atoms with Crippen molar-refractivity contribution in [2.45, 2.75) is 24.0 Å². The number of aromatic nitrogens is 1. The number of hydrogen-bond donors (Lipinski definition) is 0. The molecular formula is C21H24N4O5S. The number of pyridine rings is 1. The smallest absolute Gasteiger partial charge is 0.339 e. The number of carbonyl (C=O) groups is 2. The third-order valence-corrected chi connectivity index (χ3v) is 5.98. The Morgan fingerprint density at radius 1 is 1.16 bits per heavy atom. The van der Waals surface area contributed by atoms with Crippen LogP contribution in [0.5, 0.6) is 0 Å². The molecule has 9 nitrogen and oxygen atoms in total. The Bertz CT molecular complexity index is 928. The number of thioether (sulfide) groups is 1. The van der Waals surface area contributed by atoms with Gasteiger partial charge in [-0.25, -0.2) is 9.78 Å². The first-order valence-electron chi connectivity index (χ1n) is 9.97. The number of nitro benzene ring substituents is 1. The van der Waals surface area contributed by atoms with E-state index in [-0.39, 0.29) is 16.8 Å². The fraction of sp³-hybridized carbons (Fsp3) is 0.381. The van der Waals surface area contributed by atoms with Crippen LogP contribution >= 0.6 is 11.8 Å². The molecule has 3 rings (SSSR count). The number of nitro groups is 1. The zero-order chi connectivity index (χ0) is 22.4. The van der Waals surface area contributed by atoms with Gasteiger partial charge in [-0.2, -0.15) is 0 Å². The van der Waals surface area contributed by atoms with Crippen molar-refractivity contribution >= 4 is 35.1 Å². The SMILES string of the molecule is CCOC(=O)c1ccc(N2CCN(C(=O)C(C)Sc3ccc([N+](=O)[O-])cc3)CC2)nc1. The van der Waals surface area contributed by atoms with Gasteiger partial charge in [0.1, 0.15) is 5.82 Å². The summed E-state index contributed by atoms with van der Waals surface area (Å²) < 4.78 is 4.97. The molecule has 0 spiro atoms. The summed E-state index contributed by atoms with van der Waals surface area (Å²) >= 11 is 1.39. The Labute approximate surface area is 184 Å². The standard InChI is InChI=1S/C21H24N4O5S/c1-3-30-21(27)16-4-9-19(22-14-16)23-10-12-24(13-11-23)20(26)15(2)31-18-7-5-17(6-8-18)25(28)29/h4-9,14-15H,3,10-13H2,1-2H3. The molecule has 164 valence electrons. The van der Waals surface area contributed by atoms with Crippen LogP contribution in [0.1, 0.15) is 24.2 Å². The molecule has 0 saturated carbocycles. The lowest BCUT2D eigenvalue weighted by Crippen LogP contribution is -2.50. The number of anilines is 1. The first-order valence-corrected chi connectivity index (χ1v) is 10.8. The molecule has 2 heterocycles. The summed E-state index contributed by atoms with van der Waals surface area (Å²) in [5, 5.41) is 10.5. The largest absolute Gasteiger partial charge is 0.462 e. The first-order chi connectivity index (χ1) is 14.9. The van der Waals surface area contributed by atoms with Crippen LogP contribution in [0.2, 0.25) is 0 Å². The topological polar surface area (TPSA) is 106 Å². The normalized spacial score (nSPS) is 14.8. The lowest BCUT2D eigenvalue weighted by molar-refractivity contribution is -0.384. The van der Waals surface area contributed by atoms with Crippen molar-refractivity contribution in [1.82, 2.24) is 9.88 Å². The Morgan fingerprint density at radius 3 is 2.39 bits per heavy atom. The molecule has 1 aromatic heterocycles. The van der Waals surface area contributed by atoms with Gasteiger partial charge in [-0.15, -0.1) is 11.8 Å². The van der Waals surface area contributed by atoms with E-state index < -0.39 is 10.9 Å². The van der Waals surface area contributed by atoms with Crippen LogP contribution in [-0.2, 0) is 9.53 Å². The lowest BCUT2D eigenvalue weighted by Gasteiger charge is -2.36. The van der Waals surface area contributed by atoms with Crippen molar-refractivity contribution in [2.75, 3.05) is 37.7 Å². The highest BCUT2D eigenvalue weighted by Gasteiger charge is 2.26. The summed E-state index contributed by atoms with van der Waals surface area (Å²) in [5.41, 5.74) is 0.444. The minimum Gasteiger partial charge on any atom is -0.462 e. The zero-order valence-corrected chi connectivity index (χ0v) is 18.2. The Kier molecular flexibility index (Phi) is 7.45. The number of non-ortho nitro benzene ring substituents is 1. The molecule has 0 radical (unpaired) electrons. The van der Waals surface area contributed by atoms with Crippen molar-refractivity contribution in [3.8, 4) is 0 Å². The number of carbonyl (C=O) groups excluding carboxylic acids is 2. The maximum Gasteiger partial charge on any atom is 0.339 e. The van der Waals surface area contributed by atoms with Crippen LogP contribution in [0.3, 0.4) is 0 Å². The number of nitrogens with zero attached hydrogens (tertiary/aromatic N) is 4. The van der Waals surface area contributed by atoms with Gasteiger partial charge in [0.15, 0.2) is 0 Å². The van der Waals surface area contributed by atoms with Crippen molar-refractivity contribution in [2.24, 2.45) is 0 Å². The summed E-state index contributed by atoms with van der Waals surface area (Å²) in [6.07, 6.45) is 1.51. The summed E-state index contributed by atoms with van der Waals surface area (Å²) in [6, 6.07) is 9.70. The van der Waals surface area contributed by atoms with E-state index in [2.05, 4.69) is 9.88 Å². The molecule has 1 atom stereocenters. The van der Waals surface area contributed by atoms with Crippen molar-refractivity contribution < 1.29 is 19.2 Å². The van der Waals surface area contributed by atoms with Gasteiger partial charge in [0.05, 0.1) is 22.3 Å². The minimum absolute atomic E-state index is 0.0309. The number of hydrogen-bond acceptors (Lipinski definition) is 8. The lowest BCUT2D eigenvalue weighted by atomic mass is 10.2. The average molecular weight is 445 g/mol. The molecule has 1 aliphatic heterocycles. The summed E-state index contributed by atoms with van der Waals surface area (Å²) in [5.74, 6) is 0.401. The van der Waals surface area contributed by atoms with Crippen LogP contribution in [0.4, 0.5) is 11.5 Å². The van der Waals surface area contributed by atoms with Crippen LogP contribution in [0.15, 0.2) is 47.5 Å². The monoisotopic (exact) mass is 444 g/mol. The number of rotatable bonds is 7. The van der Waals surface area contributed by atoms with E-state index in [1.165, 1.54) is 30.1 Å². The van der Waals surface area contributed by atoms with E-state index in [0.717, 1.165) is 10.7 Å². The first kappa shape index (κ1) is 22.5. The van der Waals surface area contributed by atoms with Crippen LogP contribution in [0, 0.1) is 10.1 Å². The van der Waals surface area contributed by atoms with E-state index in [9.17, 15) is 19.7 Å². The quantitative estimate of drug-likeness (QED) is 0.278. The second kappa shape index (κ2) is 10.3. The summed E-state index contributed by atoms with van der Waals surface area (Å²) in [4.78, 5) is 43.9. The third kappa shape index (κ3) is 5.72. The minimum atomic E-state index is -0.443. The highest BCUT2D eigenvalue weighted by Crippen LogP contribution is 2.27. The van der Waals surface area contributed by atoms with Gasteiger partial charge in [0.25, 0.3) is 5.69 Å². The molecule has 2 aromatic rings. The fourth-order valence-corrected chi connectivity index (χ4v) is 4.17. The number of amides is 1. The second-order valence-corrected chi connectivity index (χ2v) is 8.36. The Morgan fingerprint density at radius 2 is 1.84 bits per heavy atom. The molecule has 0 bridgehead atoms. The molecule has 0 N–H and O–H groups in total. The van der Waals surface area contributed by atoms with Crippen molar-refractivity contribution in [3.05, 3.63) is 58.3 Å². The highest BCUT2D eigenvalue weighted by atomic mass is 32.2. The average Bonchev–Trinajstić information content (AvgIpc) is 2.79. The Balaban J connectivity index is 1.52. The van der Waals surface area contributed by atoms with Gasteiger partial charge in [-0.3, -0.25) is 14.9 Å². The fourth-order valence-electron chi connectivity index (χ4n) is 3.22. The molecule has 0 aliphatic carbocycles. The molecular weight excluding hydrogens is 420 g/mol. The van der Waals surface area contributed by atoms with Gasteiger partial charge < -0.3 is 14.5 Å². The summed E-state index contributed by atoms with van der Waals surface area (Å²) in [7, 11) is 0. The van der Waals surface area contributed by atoms with Crippen molar-refractivity contribution in [3.63, 3.8) is 0 Å². The van der Waals surface area contributed by atoms with Crippen molar-refractivity contribution in [1.29, 1.82) is 0 Å². The zero-order valence-electron chi connectivity index (χ0n) is 17.4. The van der Waals surface area contributed by atoms with Gasteiger partial charge in [0, 0.05) is 49.4 Å². The van der Waals surface area contributed by atoms with E-state index in [1.807, 2.05) is 11.8 Å². The van der Waals surface area contributed by atoms with E-state index in [4.69, 9.17) is 4.74 Å². The molecule has 1 fully saturated rings.